The van der Waals surface area contributed by atoms with E-state index in [1.54, 1.807) is 24.3 Å². The molecule has 7 heteroatoms. The fourth-order valence-corrected chi connectivity index (χ4v) is 2.49. The first-order valence-electron chi connectivity index (χ1n) is 6.59. The second-order valence-corrected chi connectivity index (χ2v) is 5.62. The van der Waals surface area contributed by atoms with Crippen molar-refractivity contribution in [3.63, 3.8) is 0 Å². The number of carbonyl (C=O) groups excluding carboxylic acids is 1. The Kier molecular flexibility index (Phi) is 5.80. The van der Waals surface area contributed by atoms with Crippen LogP contribution in [0.3, 0.4) is 0 Å². The second kappa shape index (κ2) is 7.82. The number of hydrazone groups is 1. The number of hydrogen-bond donors (Lipinski definition) is 2. The number of phenols is 1. The molecule has 0 saturated carbocycles. The van der Waals surface area contributed by atoms with Crippen LogP contribution < -0.4 is 14.9 Å². The normalized spacial score (nSPS) is 10.6. The third kappa shape index (κ3) is 4.13. The maximum Gasteiger partial charge on any atom is 0.272 e. The lowest BCUT2D eigenvalue weighted by Crippen LogP contribution is -2.18. The molecule has 2 N–H and O–H groups in total. The van der Waals surface area contributed by atoms with Crippen LogP contribution in [-0.2, 0) is 0 Å². The molecule has 2 rings (SSSR count). The molecule has 1 amide bonds. The van der Waals surface area contributed by atoms with Gasteiger partial charge in [0, 0.05) is 9.13 Å². The molecule has 0 radical (unpaired) electrons. The van der Waals surface area contributed by atoms with Gasteiger partial charge < -0.3 is 14.6 Å². The molecule has 0 aromatic heterocycles. The van der Waals surface area contributed by atoms with Gasteiger partial charge in [-0.3, -0.25) is 4.79 Å². The summed E-state index contributed by atoms with van der Waals surface area (Å²) in [5, 5.41) is 13.8. The Morgan fingerprint density at radius 1 is 1.22 bits per heavy atom. The molecular formula is C16H15IN2O4. The average Bonchev–Trinajstić information content (AvgIpc) is 2.56. The lowest BCUT2D eigenvalue weighted by atomic mass is 10.2. The molecule has 23 heavy (non-hydrogen) atoms. The number of benzene rings is 2. The van der Waals surface area contributed by atoms with Gasteiger partial charge in [-0.05, 0) is 46.9 Å². The fraction of sp³-hybridized carbons (Fsp3) is 0.125. The van der Waals surface area contributed by atoms with Gasteiger partial charge >= 0.3 is 0 Å². The number of nitrogens with one attached hydrogen (secondary N) is 1. The summed E-state index contributed by atoms with van der Waals surface area (Å²) in [6, 6.07) is 10.4. The molecule has 6 nitrogen and oxygen atoms in total. The number of aromatic hydroxyl groups is 1. The zero-order valence-electron chi connectivity index (χ0n) is 12.5. The maximum atomic E-state index is 12.0. The number of rotatable bonds is 5. The highest BCUT2D eigenvalue weighted by molar-refractivity contribution is 14.1. The Hall–Kier alpha value is -2.29. The summed E-state index contributed by atoms with van der Waals surface area (Å²) in [5.74, 6) is 0.128. The van der Waals surface area contributed by atoms with E-state index >= 15 is 0 Å². The minimum atomic E-state index is -0.302. The van der Waals surface area contributed by atoms with Crippen LogP contribution in [0.1, 0.15) is 15.9 Å². The molecule has 0 heterocycles. The number of hydrogen-bond acceptors (Lipinski definition) is 5. The molecule has 0 unspecified atom stereocenters. The van der Waals surface area contributed by atoms with Crippen LogP contribution in [0.2, 0.25) is 0 Å². The summed E-state index contributed by atoms with van der Waals surface area (Å²) in [4.78, 5) is 12.0. The van der Waals surface area contributed by atoms with Crippen molar-refractivity contribution in [2.24, 2.45) is 5.10 Å². The van der Waals surface area contributed by atoms with Crippen molar-refractivity contribution in [1.82, 2.24) is 5.43 Å². The van der Waals surface area contributed by atoms with Crippen LogP contribution in [0.15, 0.2) is 41.5 Å². The number of amides is 1. The molecule has 0 saturated heterocycles. The number of carbonyl (C=O) groups is 1. The van der Waals surface area contributed by atoms with E-state index in [0.717, 1.165) is 3.57 Å². The highest BCUT2D eigenvalue weighted by Crippen LogP contribution is 2.36. The van der Waals surface area contributed by atoms with Crippen molar-refractivity contribution in [2.45, 2.75) is 0 Å². The molecule has 0 aliphatic heterocycles. The Bertz CT molecular complexity index is 722. The number of phenolic OH excluding ortho intramolecular Hbond substituents is 1. The van der Waals surface area contributed by atoms with E-state index in [2.05, 4.69) is 33.1 Å². The third-order valence-electron chi connectivity index (χ3n) is 3.00. The Morgan fingerprint density at radius 3 is 2.39 bits per heavy atom. The topological polar surface area (TPSA) is 80.2 Å². The minimum Gasteiger partial charge on any atom is -0.502 e. The van der Waals surface area contributed by atoms with E-state index in [4.69, 9.17) is 9.47 Å². The Labute approximate surface area is 147 Å². The number of halogens is 1. The quantitative estimate of drug-likeness (QED) is 0.438. The first-order valence-corrected chi connectivity index (χ1v) is 7.67. The largest absolute Gasteiger partial charge is 0.502 e. The lowest BCUT2D eigenvalue weighted by Gasteiger charge is -2.09. The van der Waals surface area contributed by atoms with Crippen molar-refractivity contribution < 1.29 is 19.4 Å². The molecule has 0 aliphatic rings. The Morgan fingerprint density at radius 2 is 1.83 bits per heavy atom. The van der Waals surface area contributed by atoms with Gasteiger partial charge in [0.15, 0.2) is 11.5 Å². The molecule has 2 aromatic rings. The summed E-state index contributed by atoms with van der Waals surface area (Å²) in [6.45, 7) is 0. The predicted octanol–water partition coefficient (Wildman–Crippen LogP) is 2.78. The van der Waals surface area contributed by atoms with Crippen LogP contribution in [0, 0.1) is 3.57 Å². The van der Waals surface area contributed by atoms with Crippen molar-refractivity contribution in [3.05, 3.63) is 51.1 Å². The highest BCUT2D eigenvalue weighted by atomic mass is 127. The van der Waals surface area contributed by atoms with Crippen LogP contribution in [-0.4, -0.2) is 31.4 Å². The molecule has 0 aliphatic carbocycles. The van der Waals surface area contributed by atoms with Gasteiger partial charge in [0.05, 0.1) is 26.0 Å². The molecule has 0 fully saturated rings. The standard InChI is InChI=1S/C16H15IN2O4/c1-22-13-7-10(8-14(23-2)15(13)20)9-18-19-16(21)11-5-3-4-6-12(11)17/h3-9,20H,1-2H3,(H,19,21)/b18-9+. The third-order valence-corrected chi connectivity index (χ3v) is 3.94. The zero-order chi connectivity index (χ0) is 16.8. The first-order chi connectivity index (χ1) is 11.1. The van der Waals surface area contributed by atoms with E-state index in [-0.39, 0.29) is 23.2 Å². The number of ether oxygens (including phenoxy) is 2. The van der Waals surface area contributed by atoms with E-state index in [9.17, 15) is 9.90 Å². The number of methoxy groups -OCH3 is 2. The van der Waals surface area contributed by atoms with E-state index < -0.39 is 0 Å². The van der Waals surface area contributed by atoms with Crippen LogP contribution in [0.4, 0.5) is 0 Å². The number of nitrogens with zero attached hydrogens (tertiary/aromatic N) is 1. The van der Waals surface area contributed by atoms with Crippen molar-refractivity contribution >= 4 is 34.7 Å². The van der Waals surface area contributed by atoms with Crippen molar-refractivity contribution in [2.75, 3.05) is 14.2 Å². The van der Waals surface area contributed by atoms with Gasteiger partial charge in [-0.15, -0.1) is 0 Å². The molecular weight excluding hydrogens is 411 g/mol. The molecule has 0 bridgehead atoms. The Balaban J connectivity index is 2.15. The summed E-state index contributed by atoms with van der Waals surface area (Å²) < 4.78 is 11.0. The van der Waals surface area contributed by atoms with E-state index in [0.29, 0.717) is 11.1 Å². The maximum absolute atomic E-state index is 12.0. The highest BCUT2D eigenvalue weighted by Gasteiger charge is 2.11. The smallest absolute Gasteiger partial charge is 0.272 e. The molecule has 120 valence electrons. The average molecular weight is 426 g/mol. The fourth-order valence-electron chi connectivity index (χ4n) is 1.86. The SMILES string of the molecule is COc1cc(/C=N/NC(=O)c2ccccc2I)cc(OC)c1O. The van der Waals surface area contributed by atoms with Gasteiger partial charge in [0.2, 0.25) is 5.75 Å². The van der Waals surface area contributed by atoms with Gasteiger partial charge in [0.25, 0.3) is 5.91 Å². The predicted molar refractivity (Wildman–Crippen MR) is 95.4 cm³/mol. The van der Waals surface area contributed by atoms with E-state index in [1.165, 1.54) is 20.4 Å². The minimum absolute atomic E-state index is 0.0879. The second-order valence-electron chi connectivity index (χ2n) is 4.45. The molecule has 0 atom stereocenters. The van der Waals surface area contributed by atoms with Crippen LogP contribution >= 0.6 is 22.6 Å². The van der Waals surface area contributed by atoms with Gasteiger partial charge in [-0.1, -0.05) is 12.1 Å². The van der Waals surface area contributed by atoms with Crippen molar-refractivity contribution in [3.8, 4) is 17.2 Å². The zero-order valence-corrected chi connectivity index (χ0v) is 14.7. The lowest BCUT2D eigenvalue weighted by molar-refractivity contribution is 0.0954. The van der Waals surface area contributed by atoms with E-state index in [1.807, 2.05) is 12.1 Å². The van der Waals surface area contributed by atoms with Crippen LogP contribution in [0.5, 0.6) is 17.2 Å². The van der Waals surface area contributed by atoms with Gasteiger partial charge in [-0.2, -0.15) is 5.10 Å². The first kappa shape index (κ1) is 17.1. The summed E-state index contributed by atoms with van der Waals surface area (Å²) in [5.41, 5.74) is 3.62. The summed E-state index contributed by atoms with van der Waals surface area (Å²) in [6.07, 6.45) is 1.44. The van der Waals surface area contributed by atoms with Gasteiger partial charge in [-0.25, -0.2) is 5.43 Å². The summed E-state index contributed by atoms with van der Waals surface area (Å²) in [7, 11) is 2.88. The monoisotopic (exact) mass is 426 g/mol. The molecule has 0 spiro atoms. The summed E-state index contributed by atoms with van der Waals surface area (Å²) >= 11 is 2.09. The van der Waals surface area contributed by atoms with Crippen molar-refractivity contribution in [1.29, 1.82) is 0 Å². The van der Waals surface area contributed by atoms with Crippen LogP contribution in [0.25, 0.3) is 0 Å². The molecule has 2 aromatic carbocycles. The van der Waals surface area contributed by atoms with Gasteiger partial charge in [0.1, 0.15) is 0 Å².